The van der Waals surface area contributed by atoms with E-state index in [-0.39, 0.29) is 0 Å². The van der Waals surface area contributed by atoms with E-state index in [9.17, 15) is 0 Å². The Kier molecular flexibility index (Phi) is 2.77. The summed E-state index contributed by atoms with van der Waals surface area (Å²) >= 11 is 0. The van der Waals surface area contributed by atoms with E-state index in [1.807, 2.05) is 6.20 Å². The third kappa shape index (κ3) is 2.10. The van der Waals surface area contributed by atoms with Gasteiger partial charge in [0.25, 0.3) is 0 Å². The van der Waals surface area contributed by atoms with Crippen molar-refractivity contribution < 1.29 is 0 Å². The number of rotatable bonds is 3. The van der Waals surface area contributed by atoms with Crippen molar-refractivity contribution in [2.45, 2.75) is 38.3 Å². The van der Waals surface area contributed by atoms with E-state index in [1.54, 1.807) is 6.33 Å². The van der Waals surface area contributed by atoms with E-state index in [4.69, 9.17) is 0 Å². The molecule has 2 aromatic rings. The van der Waals surface area contributed by atoms with Crippen LogP contribution in [0.15, 0.2) is 12.5 Å². The van der Waals surface area contributed by atoms with Gasteiger partial charge in [0.1, 0.15) is 18.0 Å². The maximum absolute atomic E-state index is 4.38. The Bertz CT molecular complexity index is 630. The summed E-state index contributed by atoms with van der Waals surface area (Å²) < 4.78 is 2.17. The molecule has 0 amide bonds. The molecule has 0 radical (unpaired) electrons. The third-order valence-corrected chi connectivity index (χ3v) is 4.26. The zero-order valence-electron chi connectivity index (χ0n) is 11.7. The number of fused-ring (bicyclic) bond motifs is 1. The summed E-state index contributed by atoms with van der Waals surface area (Å²) in [6.45, 7) is 2.76. The van der Waals surface area contributed by atoms with Gasteiger partial charge < -0.3 is 4.57 Å². The van der Waals surface area contributed by atoms with Crippen molar-refractivity contribution in [2.24, 2.45) is 7.05 Å². The Hall–Kier alpha value is -1.82. The number of hydrogen-bond acceptors (Lipinski definition) is 5. The van der Waals surface area contributed by atoms with Crippen molar-refractivity contribution in [3.05, 3.63) is 35.4 Å². The minimum Gasteiger partial charge on any atom is -0.317 e. The average Bonchev–Trinajstić information content (AvgIpc) is 3.25. The van der Waals surface area contributed by atoms with Crippen LogP contribution >= 0.6 is 0 Å². The Balaban J connectivity index is 1.50. The summed E-state index contributed by atoms with van der Waals surface area (Å²) in [6.07, 6.45) is 7.12. The van der Waals surface area contributed by atoms with Gasteiger partial charge >= 0.3 is 0 Å². The van der Waals surface area contributed by atoms with Gasteiger partial charge in [0.05, 0.1) is 12.2 Å². The van der Waals surface area contributed by atoms with Crippen LogP contribution in [0.25, 0.3) is 0 Å². The highest BCUT2D eigenvalue weighted by atomic mass is 15.3. The molecule has 1 aliphatic carbocycles. The first kappa shape index (κ1) is 12.0. The Morgan fingerprint density at radius 1 is 1.30 bits per heavy atom. The Labute approximate surface area is 117 Å². The molecule has 20 heavy (non-hydrogen) atoms. The van der Waals surface area contributed by atoms with Gasteiger partial charge in [-0.1, -0.05) is 0 Å². The smallest absolute Gasteiger partial charge is 0.146 e. The molecule has 0 unspecified atom stereocenters. The molecule has 6 heteroatoms. The van der Waals surface area contributed by atoms with Crippen molar-refractivity contribution >= 4 is 0 Å². The molecule has 4 rings (SSSR count). The molecule has 1 fully saturated rings. The molecule has 6 nitrogen and oxygen atoms in total. The second-order valence-corrected chi connectivity index (χ2v) is 5.76. The highest BCUT2D eigenvalue weighted by molar-refractivity contribution is 5.19. The Morgan fingerprint density at radius 2 is 2.20 bits per heavy atom. The van der Waals surface area contributed by atoms with Crippen LogP contribution < -0.4 is 0 Å². The number of hydrogen-bond donors (Lipinski definition) is 0. The quantitative estimate of drug-likeness (QED) is 0.834. The van der Waals surface area contributed by atoms with Gasteiger partial charge in [0.15, 0.2) is 0 Å². The van der Waals surface area contributed by atoms with Crippen molar-refractivity contribution in [2.75, 3.05) is 6.54 Å². The van der Waals surface area contributed by atoms with Crippen LogP contribution in [0.3, 0.4) is 0 Å². The normalized spacial score (nSPS) is 19.1. The topological polar surface area (TPSA) is 59.7 Å². The third-order valence-electron chi connectivity index (χ3n) is 4.26. The Morgan fingerprint density at radius 3 is 3.05 bits per heavy atom. The molecule has 0 bridgehead atoms. The van der Waals surface area contributed by atoms with Gasteiger partial charge in [-0.2, -0.15) is 0 Å². The average molecular weight is 270 g/mol. The van der Waals surface area contributed by atoms with Crippen LogP contribution in [0.5, 0.6) is 0 Å². The summed E-state index contributed by atoms with van der Waals surface area (Å²) in [7, 11) is 2.09. The molecular weight excluding hydrogens is 252 g/mol. The highest BCUT2D eigenvalue weighted by Gasteiger charge is 2.29. The van der Waals surface area contributed by atoms with Crippen molar-refractivity contribution in [3.63, 3.8) is 0 Å². The molecule has 1 aliphatic heterocycles. The maximum atomic E-state index is 4.38. The second kappa shape index (κ2) is 4.63. The standard InChI is InChI=1S/C14H18N6/c1-19-13(17-18-14(19)10-2-3-10)8-20-5-4-11-6-15-9-16-12(11)7-20/h6,9-10H,2-5,7-8H2,1H3. The summed E-state index contributed by atoms with van der Waals surface area (Å²) in [4.78, 5) is 10.9. The predicted octanol–water partition coefficient (Wildman–Crippen LogP) is 1.04. The first-order chi connectivity index (χ1) is 9.81. The first-order valence-electron chi connectivity index (χ1n) is 7.19. The van der Waals surface area contributed by atoms with Gasteiger partial charge in [0, 0.05) is 32.3 Å². The fourth-order valence-electron chi connectivity index (χ4n) is 2.85. The molecule has 2 aromatic heterocycles. The lowest BCUT2D eigenvalue weighted by Crippen LogP contribution is -2.31. The van der Waals surface area contributed by atoms with Crippen LogP contribution in [0.4, 0.5) is 0 Å². The predicted molar refractivity (Wildman–Crippen MR) is 72.8 cm³/mol. The lowest BCUT2D eigenvalue weighted by atomic mass is 10.1. The molecule has 0 spiro atoms. The van der Waals surface area contributed by atoms with Crippen molar-refractivity contribution in [1.82, 2.24) is 29.6 Å². The van der Waals surface area contributed by atoms with Crippen LogP contribution in [-0.4, -0.2) is 36.2 Å². The molecule has 3 heterocycles. The molecule has 1 saturated carbocycles. The summed E-state index contributed by atoms with van der Waals surface area (Å²) in [5.74, 6) is 2.86. The van der Waals surface area contributed by atoms with Crippen LogP contribution in [0, 0.1) is 0 Å². The summed E-state index contributed by atoms with van der Waals surface area (Å²) in [5, 5.41) is 8.71. The van der Waals surface area contributed by atoms with E-state index in [0.717, 1.165) is 43.4 Å². The van der Waals surface area contributed by atoms with E-state index >= 15 is 0 Å². The van der Waals surface area contributed by atoms with Crippen LogP contribution in [0.1, 0.15) is 41.7 Å². The number of nitrogens with zero attached hydrogens (tertiary/aromatic N) is 6. The van der Waals surface area contributed by atoms with Gasteiger partial charge in [-0.3, -0.25) is 4.90 Å². The van der Waals surface area contributed by atoms with E-state index in [2.05, 4.69) is 36.7 Å². The summed E-state index contributed by atoms with van der Waals surface area (Å²) in [6, 6.07) is 0. The van der Waals surface area contributed by atoms with Crippen molar-refractivity contribution in [3.8, 4) is 0 Å². The van der Waals surface area contributed by atoms with E-state index in [1.165, 1.54) is 18.4 Å². The lowest BCUT2D eigenvalue weighted by Gasteiger charge is -2.26. The number of aromatic nitrogens is 5. The molecular formula is C14H18N6. The molecule has 0 aromatic carbocycles. The van der Waals surface area contributed by atoms with E-state index < -0.39 is 0 Å². The lowest BCUT2D eigenvalue weighted by molar-refractivity contribution is 0.232. The largest absolute Gasteiger partial charge is 0.317 e. The van der Waals surface area contributed by atoms with Gasteiger partial charge in [0.2, 0.25) is 0 Å². The fraction of sp³-hybridized carbons (Fsp3) is 0.571. The minimum atomic E-state index is 0.649. The second-order valence-electron chi connectivity index (χ2n) is 5.76. The fourth-order valence-corrected chi connectivity index (χ4v) is 2.85. The van der Waals surface area contributed by atoms with Gasteiger partial charge in [-0.05, 0) is 24.8 Å². The van der Waals surface area contributed by atoms with Crippen molar-refractivity contribution in [1.29, 1.82) is 0 Å². The zero-order chi connectivity index (χ0) is 13.5. The highest BCUT2D eigenvalue weighted by Crippen LogP contribution is 2.38. The van der Waals surface area contributed by atoms with E-state index in [0.29, 0.717) is 5.92 Å². The minimum absolute atomic E-state index is 0.649. The van der Waals surface area contributed by atoms with Crippen LogP contribution in [-0.2, 0) is 26.6 Å². The zero-order valence-corrected chi connectivity index (χ0v) is 11.7. The van der Waals surface area contributed by atoms with Crippen LogP contribution in [0.2, 0.25) is 0 Å². The first-order valence-corrected chi connectivity index (χ1v) is 7.19. The molecule has 0 saturated heterocycles. The monoisotopic (exact) mass is 270 g/mol. The molecule has 2 aliphatic rings. The van der Waals surface area contributed by atoms with Gasteiger partial charge in [-0.25, -0.2) is 9.97 Å². The SMILES string of the molecule is Cn1c(CN2CCc3cncnc3C2)nnc1C1CC1. The summed E-state index contributed by atoms with van der Waals surface area (Å²) in [5.41, 5.74) is 2.43. The maximum Gasteiger partial charge on any atom is 0.146 e. The molecule has 104 valence electrons. The molecule has 0 N–H and O–H groups in total. The van der Waals surface area contributed by atoms with Gasteiger partial charge in [-0.15, -0.1) is 10.2 Å². The molecule has 0 atom stereocenters.